The summed E-state index contributed by atoms with van der Waals surface area (Å²) >= 11 is 12.6. The Kier molecular flexibility index (Phi) is 8.70. The molecular weight excluding hydrogens is 509 g/mol. The minimum atomic E-state index is -0.497. The van der Waals surface area contributed by atoms with Gasteiger partial charge in [0.05, 0.1) is 17.6 Å². The van der Waals surface area contributed by atoms with Crippen LogP contribution < -0.4 is 11.1 Å². The van der Waals surface area contributed by atoms with E-state index in [1.54, 1.807) is 6.20 Å². The van der Waals surface area contributed by atoms with E-state index in [0.29, 0.717) is 40.9 Å². The van der Waals surface area contributed by atoms with Gasteiger partial charge in [-0.1, -0.05) is 53.5 Å². The van der Waals surface area contributed by atoms with E-state index in [0.717, 1.165) is 42.0 Å². The standard InChI is InChI=1S/C28H33Cl2N5O2/c1-28(2,3)37-27(36)25-17-35(14-13-32-25)16-18-7-9-19(10-8-18)24-15-33-26(31)23(34-24)12-11-20-21(29)5-4-6-22(20)30/h4-10,15,25,32H,11-14,16-17H2,1-3H3,(H2,31,33). The van der Waals surface area contributed by atoms with Crippen molar-refractivity contribution >= 4 is 35.0 Å². The molecule has 1 atom stereocenters. The summed E-state index contributed by atoms with van der Waals surface area (Å²) in [5.74, 6) is 0.198. The molecule has 1 fully saturated rings. The van der Waals surface area contributed by atoms with Crippen molar-refractivity contribution in [2.45, 2.75) is 51.8 Å². The molecule has 2 aromatic carbocycles. The van der Waals surface area contributed by atoms with Crippen LogP contribution in [0.25, 0.3) is 11.3 Å². The highest BCUT2D eigenvalue weighted by molar-refractivity contribution is 6.36. The Balaban J connectivity index is 1.40. The van der Waals surface area contributed by atoms with Gasteiger partial charge in [-0.05, 0) is 56.9 Å². The lowest BCUT2D eigenvalue weighted by Crippen LogP contribution is -2.55. The van der Waals surface area contributed by atoms with Gasteiger partial charge in [0, 0.05) is 41.8 Å². The molecule has 37 heavy (non-hydrogen) atoms. The first kappa shape index (κ1) is 27.3. The summed E-state index contributed by atoms with van der Waals surface area (Å²) in [4.78, 5) is 23.9. The number of benzene rings is 2. The lowest BCUT2D eigenvalue weighted by atomic mass is 10.1. The van der Waals surface area contributed by atoms with Gasteiger partial charge in [0.2, 0.25) is 0 Å². The van der Waals surface area contributed by atoms with Crippen LogP contribution in [0.4, 0.5) is 5.82 Å². The predicted molar refractivity (Wildman–Crippen MR) is 149 cm³/mol. The Morgan fingerprint density at radius 3 is 2.51 bits per heavy atom. The molecule has 3 aromatic rings. The number of hydrogen-bond donors (Lipinski definition) is 2. The van der Waals surface area contributed by atoms with Crippen molar-refractivity contribution < 1.29 is 9.53 Å². The molecule has 1 aliphatic rings. The summed E-state index contributed by atoms with van der Waals surface area (Å²) in [5.41, 5.74) is 10.1. The largest absolute Gasteiger partial charge is 0.459 e. The molecule has 4 rings (SSSR count). The van der Waals surface area contributed by atoms with Crippen molar-refractivity contribution in [3.63, 3.8) is 0 Å². The van der Waals surface area contributed by atoms with Crippen molar-refractivity contribution in [2.24, 2.45) is 0 Å². The monoisotopic (exact) mass is 541 g/mol. The number of aromatic nitrogens is 2. The van der Waals surface area contributed by atoms with Crippen LogP contribution in [0.15, 0.2) is 48.7 Å². The number of nitrogens with one attached hydrogen (secondary N) is 1. The van der Waals surface area contributed by atoms with Crippen LogP contribution in [0.5, 0.6) is 0 Å². The third-order valence-corrected chi connectivity index (χ3v) is 6.87. The number of piperazine rings is 1. The summed E-state index contributed by atoms with van der Waals surface area (Å²) in [7, 11) is 0. The zero-order chi connectivity index (χ0) is 26.6. The number of anilines is 1. The first-order valence-electron chi connectivity index (χ1n) is 12.4. The molecule has 0 bridgehead atoms. The molecule has 9 heteroatoms. The van der Waals surface area contributed by atoms with Gasteiger partial charge in [-0.3, -0.25) is 9.69 Å². The maximum atomic E-state index is 12.5. The molecule has 7 nitrogen and oxygen atoms in total. The number of hydrogen-bond acceptors (Lipinski definition) is 7. The number of rotatable bonds is 7. The topological polar surface area (TPSA) is 93.4 Å². The van der Waals surface area contributed by atoms with E-state index in [4.69, 9.17) is 38.7 Å². The Hall–Kier alpha value is -2.71. The number of halogens is 2. The highest BCUT2D eigenvalue weighted by Crippen LogP contribution is 2.27. The lowest BCUT2D eigenvalue weighted by Gasteiger charge is -2.34. The van der Waals surface area contributed by atoms with Crippen LogP contribution in [0.2, 0.25) is 10.0 Å². The number of nitrogens with zero attached hydrogens (tertiary/aromatic N) is 3. The summed E-state index contributed by atoms with van der Waals surface area (Å²) in [6, 6.07) is 13.4. The Morgan fingerprint density at radius 2 is 1.84 bits per heavy atom. The van der Waals surface area contributed by atoms with E-state index in [1.807, 2.05) is 51.1 Å². The van der Waals surface area contributed by atoms with Crippen LogP contribution in [0.3, 0.4) is 0 Å². The highest BCUT2D eigenvalue weighted by Gasteiger charge is 2.29. The third-order valence-electron chi connectivity index (χ3n) is 6.16. The average molecular weight is 543 g/mol. The number of aryl methyl sites for hydroxylation is 1. The van der Waals surface area contributed by atoms with Crippen molar-refractivity contribution in [2.75, 3.05) is 25.4 Å². The Morgan fingerprint density at radius 1 is 1.14 bits per heavy atom. The molecule has 1 unspecified atom stereocenters. The quantitative estimate of drug-likeness (QED) is 0.409. The molecule has 0 saturated carbocycles. The first-order valence-corrected chi connectivity index (χ1v) is 13.2. The van der Waals surface area contributed by atoms with Crippen LogP contribution in [-0.2, 0) is 28.9 Å². The zero-order valence-corrected chi connectivity index (χ0v) is 22.9. The van der Waals surface area contributed by atoms with Gasteiger partial charge in [0.15, 0.2) is 0 Å². The van der Waals surface area contributed by atoms with Crippen LogP contribution in [0, 0.1) is 0 Å². The van der Waals surface area contributed by atoms with E-state index in [2.05, 4.69) is 27.3 Å². The molecule has 0 aliphatic carbocycles. The summed E-state index contributed by atoms with van der Waals surface area (Å²) in [6.45, 7) is 8.62. The SMILES string of the molecule is CC(C)(C)OC(=O)C1CN(Cc2ccc(-c3cnc(N)c(CCc4c(Cl)cccc4Cl)n3)cc2)CCN1. The van der Waals surface area contributed by atoms with Gasteiger partial charge in [-0.15, -0.1) is 0 Å². The Bertz CT molecular complexity index is 1220. The molecule has 0 radical (unpaired) electrons. The number of nitrogen functional groups attached to an aromatic ring is 1. The van der Waals surface area contributed by atoms with Crippen molar-refractivity contribution in [3.05, 3.63) is 75.5 Å². The maximum Gasteiger partial charge on any atom is 0.324 e. The molecule has 0 amide bonds. The fraction of sp³-hybridized carbons (Fsp3) is 0.393. The van der Waals surface area contributed by atoms with Gasteiger partial charge in [-0.2, -0.15) is 0 Å². The van der Waals surface area contributed by atoms with Gasteiger partial charge in [-0.25, -0.2) is 9.97 Å². The summed E-state index contributed by atoms with van der Waals surface area (Å²) in [6.07, 6.45) is 2.89. The molecule has 196 valence electrons. The number of ether oxygens (including phenoxy) is 1. The molecule has 2 heterocycles. The molecule has 0 spiro atoms. The fourth-order valence-corrected chi connectivity index (χ4v) is 4.89. The minimum absolute atomic E-state index is 0.206. The molecule has 3 N–H and O–H groups in total. The Labute approximate surface area is 228 Å². The number of nitrogens with two attached hydrogens (primary N) is 1. The van der Waals surface area contributed by atoms with Gasteiger partial charge >= 0.3 is 5.97 Å². The second kappa shape index (κ2) is 11.8. The van der Waals surface area contributed by atoms with E-state index in [9.17, 15) is 4.79 Å². The minimum Gasteiger partial charge on any atom is -0.459 e. The van der Waals surface area contributed by atoms with Gasteiger partial charge < -0.3 is 15.8 Å². The second-order valence-corrected chi connectivity index (χ2v) is 11.1. The number of carbonyl (C=O) groups excluding carboxylic acids is 1. The van der Waals surface area contributed by atoms with Crippen molar-refractivity contribution in [1.29, 1.82) is 0 Å². The first-order chi connectivity index (χ1) is 17.6. The van der Waals surface area contributed by atoms with E-state index >= 15 is 0 Å². The van der Waals surface area contributed by atoms with Gasteiger partial charge in [0.25, 0.3) is 0 Å². The third kappa shape index (κ3) is 7.42. The van der Waals surface area contributed by atoms with E-state index < -0.39 is 5.60 Å². The number of carbonyl (C=O) groups is 1. The van der Waals surface area contributed by atoms with Crippen LogP contribution >= 0.6 is 23.2 Å². The smallest absolute Gasteiger partial charge is 0.324 e. The maximum absolute atomic E-state index is 12.5. The average Bonchev–Trinajstić information content (AvgIpc) is 2.84. The number of esters is 1. The zero-order valence-electron chi connectivity index (χ0n) is 21.4. The van der Waals surface area contributed by atoms with Gasteiger partial charge in [0.1, 0.15) is 17.5 Å². The van der Waals surface area contributed by atoms with Crippen molar-refractivity contribution in [3.8, 4) is 11.3 Å². The normalized spacial score (nSPS) is 16.5. The van der Waals surface area contributed by atoms with E-state index in [1.165, 1.54) is 0 Å². The summed E-state index contributed by atoms with van der Waals surface area (Å²) < 4.78 is 5.55. The van der Waals surface area contributed by atoms with Crippen LogP contribution in [-0.4, -0.2) is 52.1 Å². The lowest BCUT2D eigenvalue weighted by molar-refractivity contribution is -0.158. The molecular formula is C28H33Cl2N5O2. The highest BCUT2D eigenvalue weighted by atomic mass is 35.5. The molecule has 1 aliphatic heterocycles. The molecule has 1 aromatic heterocycles. The predicted octanol–water partition coefficient (Wildman–Crippen LogP) is 4.93. The van der Waals surface area contributed by atoms with E-state index in [-0.39, 0.29) is 12.0 Å². The fourth-order valence-electron chi connectivity index (χ4n) is 4.30. The second-order valence-electron chi connectivity index (χ2n) is 10.3. The summed E-state index contributed by atoms with van der Waals surface area (Å²) in [5, 5.41) is 4.53. The van der Waals surface area contributed by atoms with Crippen molar-refractivity contribution in [1.82, 2.24) is 20.2 Å². The molecule has 1 saturated heterocycles. The van der Waals surface area contributed by atoms with Crippen LogP contribution in [0.1, 0.15) is 37.6 Å².